The van der Waals surface area contributed by atoms with Crippen molar-refractivity contribution in [2.45, 2.75) is 53.6 Å². The molecule has 2 aliphatic carbocycles. The summed E-state index contributed by atoms with van der Waals surface area (Å²) in [6.45, 7) is 8.99. The molecular weight excluding hydrogens is 268 g/mol. The van der Waals surface area contributed by atoms with E-state index < -0.39 is 17.5 Å². The average Bonchev–Trinajstić information content (AvgIpc) is 2.33. The molecule has 0 aromatic heterocycles. The number of hydrogen-bond donors (Lipinski definition) is 0. The summed E-state index contributed by atoms with van der Waals surface area (Å²) >= 11 is 0. The van der Waals surface area contributed by atoms with Gasteiger partial charge in [0.1, 0.15) is 0 Å². The maximum Gasteiger partial charge on any atom is 0.303 e. The zero-order chi connectivity index (χ0) is 15.9. The van der Waals surface area contributed by atoms with Crippen LogP contribution in [-0.2, 0) is 19.1 Å². The second-order valence-electron chi connectivity index (χ2n) is 6.62. The number of fused-ring (bicyclic) bond motifs is 1. The van der Waals surface area contributed by atoms with Crippen molar-refractivity contribution >= 4 is 17.5 Å². The largest absolute Gasteiger partial charge is 0.454 e. The van der Waals surface area contributed by atoms with Crippen LogP contribution in [0.3, 0.4) is 0 Å². The molecular formula is C17H22O4. The van der Waals surface area contributed by atoms with Crippen LogP contribution in [0.25, 0.3) is 0 Å². The van der Waals surface area contributed by atoms with Gasteiger partial charge >= 0.3 is 5.97 Å². The minimum absolute atomic E-state index is 0.125. The van der Waals surface area contributed by atoms with Crippen LogP contribution in [0.15, 0.2) is 22.8 Å². The molecule has 2 unspecified atom stereocenters. The van der Waals surface area contributed by atoms with Gasteiger partial charge in [0.05, 0.1) is 0 Å². The lowest BCUT2D eigenvalue weighted by atomic mass is 9.63. The van der Waals surface area contributed by atoms with Crippen molar-refractivity contribution < 1.29 is 19.1 Å². The molecule has 0 saturated carbocycles. The molecule has 0 spiro atoms. The minimum atomic E-state index is -0.766. The number of rotatable bonds is 2. The number of carbonyl (C=O) groups is 3. The molecule has 0 heterocycles. The summed E-state index contributed by atoms with van der Waals surface area (Å²) in [4.78, 5) is 35.9. The smallest absolute Gasteiger partial charge is 0.303 e. The molecule has 21 heavy (non-hydrogen) atoms. The van der Waals surface area contributed by atoms with Crippen LogP contribution in [0.1, 0.15) is 47.5 Å². The Balaban J connectivity index is 2.50. The van der Waals surface area contributed by atoms with E-state index in [4.69, 9.17) is 4.74 Å². The highest BCUT2D eigenvalue weighted by atomic mass is 16.5. The third-order valence-corrected chi connectivity index (χ3v) is 4.45. The first-order valence-corrected chi connectivity index (χ1v) is 7.33. The third kappa shape index (κ3) is 2.71. The average molecular weight is 290 g/mol. The standard InChI is InChI=1S/C17H22O4/c1-9(2)12-6-13-10(3)16(20)15(21-11(4)18)8-17(13,5)7-14(12)19/h6,9,15H,7-8H2,1-5H3. The van der Waals surface area contributed by atoms with Crippen LogP contribution in [-0.4, -0.2) is 23.6 Å². The third-order valence-electron chi connectivity index (χ3n) is 4.45. The second-order valence-corrected chi connectivity index (χ2v) is 6.62. The van der Waals surface area contributed by atoms with Crippen LogP contribution in [0.4, 0.5) is 0 Å². The summed E-state index contributed by atoms with van der Waals surface area (Å²) in [7, 11) is 0. The molecule has 4 nitrogen and oxygen atoms in total. The number of carbonyl (C=O) groups excluding carboxylic acids is 3. The number of ketones is 2. The van der Waals surface area contributed by atoms with E-state index in [0.717, 1.165) is 11.1 Å². The molecule has 0 radical (unpaired) electrons. The normalized spacial score (nSPS) is 29.4. The zero-order valence-corrected chi connectivity index (χ0v) is 13.3. The molecule has 114 valence electrons. The van der Waals surface area contributed by atoms with Crippen molar-refractivity contribution in [2.75, 3.05) is 0 Å². The van der Waals surface area contributed by atoms with Gasteiger partial charge in [0, 0.05) is 25.2 Å². The van der Waals surface area contributed by atoms with Gasteiger partial charge in [0.25, 0.3) is 0 Å². The molecule has 0 N–H and O–H groups in total. The topological polar surface area (TPSA) is 60.4 Å². The Labute approximate surface area is 125 Å². The lowest BCUT2D eigenvalue weighted by Crippen LogP contribution is -2.43. The highest BCUT2D eigenvalue weighted by Gasteiger charge is 2.46. The van der Waals surface area contributed by atoms with Crippen LogP contribution in [0.5, 0.6) is 0 Å². The van der Waals surface area contributed by atoms with E-state index in [1.807, 2.05) is 26.8 Å². The van der Waals surface area contributed by atoms with Gasteiger partial charge in [0.15, 0.2) is 17.7 Å². The highest BCUT2D eigenvalue weighted by molar-refractivity contribution is 6.05. The molecule has 0 aromatic carbocycles. The summed E-state index contributed by atoms with van der Waals surface area (Å²) in [5.41, 5.74) is 1.90. The van der Waals surface area contributed by atoms with Crippen molar-refractivity contribution in [1.29, 1.82) is 0 Å². The Morgan fingerprint density at radius 2 is 2.00 bits per heavy atom. The van der Waals surface area contributed by atoms with Gasteiger partial charge in [-0.05, 0) is 29.6 Å². The summed E-state index contributed by atoms with van der Waals surface area (Å²) < 4.78 is 5.14. The van der Waals surface area contributed by atoms with E-state index in [9.17, 15) is 14.4 Å². The summed E-state index contributed by atoms with van der Waals surface area (Å²) in [6, 6.07) is 0. The Hall–Kier alpha value is -1.71. The second kappa shape index (κ2) is 5.24. The number of ether oxygens (including phenoxy) is 1. The first kappa shape index (κ1) is 15.7. The minimum Gasteiger partial charge on any atom is -0.454 e. The Morgan fingerprint density at radius 3 is 2.52 bits per heavy atom. The fraction of sp³-hybridized carbons (Fsp3) is 0.588. The summed E-state index contributed by atoms with van der Waals surface area (Å²) in [5, 5.41) is 0. The fourth-order valence-corrected chi connectivity index (χ4v) is 3.37. The predicted octanol–water partition coefficient (Wildman–Crippen LogP) is 2.77. The van der Waals surface area contributed by atoms with E-state index in [1.54, 1.807) is 6.92 Å². The van der Waals surface area contributed by atoms with E-state index in [2.05, 4.69) is 0 Å². The first-order valence-electron chi connectivity index (χ1n) is 7.33. The first-order chi connectivity index (χ1) is 9.65. The van der Waals surface area contributed by atoms with Crippen LogP contribution >= 0.6 is 0 Å². The van der Waals surface area contributed by atoms with Gasteiger partial charge in [-0.3, -0.25) is 14.4 Å². The Bertz CT molecular complexity index is 580. The van der Waals surface area contributed by atoms with E-state index in [-0.39, 0.29) is 17.5 Å². The quantitative estimate of drug-likeness (QED) is 0.734. The van der Waals surface area contributed by atoms with Crippen LogP contribution < -0.4 is 0 Å². The molecule has 0 aliphatic heterocycles. The predicted molar refractivity (Wildman–Crippen MR) is 78.5 cm³/mol. The molecule has 2 atom stereocenters. The molecule has 0 bridgehead atoms. The van der Waals surface area contributed by atoms with E-state index in [1.165, 1.54) is 6.92 Å². The molecule has 0 saturated heterocycles. The lowest BCUT2D eigenvalue weighted by molar-refractivity contribution is -0.154. The van der Waals surface area contributed by atoms with Gasteiger partial charge in [0.2, 0.25) is 0 Å². The number of hydrogen-bond acceptors (Lipinski definition) is 4. The van der Waals surface area contributed by atoms with E-state index >= 15 is 0 Å². The van der Waals surface area contributed by atoms with Crippen molar-refractivity contribution in [3.8, 4) is 0 Å². The number of esters is 1. The van der Waals surface area contributed by atoms with Crippen molar-refractivity contribution in [1.82, 2.24) is 0 Å². The Morgan fingerprint density at radius 1 is 1.38 bits per heavy atom. The van der Waals surface area contributed by atoms with Gasteiger partial charge in [-0.15, -0.1) is 0 Å². The SMILES string of the molecule is CC(=O)OC1CC2(C)CC(=O)C(C(C)C)=CC2=C(C)C1=O. The van der Waals surface area contributed by atoms with Crippen LogP contribution in [0, 0.1) is 11.3 Å². The fourth-order valence-electron chi connectivity index (χ4n) is 3.37. The number of allylic oxidation sites excluding steroid dienone is 3. The molecule has 2 aliphatic rings. The molecule has 4 heteroatoms. The maximum absolute atomic E-state index is 12.4. The molecule has 2 rings (SSSR count). The van der Waals surface area contributed by atoms with Crippen molar-refractivity contribution in [3.05, 3.63) is 22.8 Å². The number of Topliss-reactive ketones (excluding diaryl/α,β-unsaturated/α-hetero) is 2. The lowest BCUT2D eigenvalue weighted by Gasteiger charge is -2.41. The summed E-state index contributed by atoms with van der Waals surface area (Å²) in [5.74, 6) is -0.344. The highest BCUT2D eigenvalue weighted by Crippen LogP contribution is 2.47. The molecule has 0 amide bonds. The van der Waals surface area contributed by atoms with Gasteiger partial charge < -0.3 is 4.74 Å². The molecule has 0 fully saturated rings. The van der Waals surface area contributed by atoms with Gasteiger partial charge in [-0.25, -0.2) is 0 Å². The van der Waals surface area contributed by atoms with Crippen molar-refractivity contribution in [2.24, 2.45) is 11.3 Å². The Kier molecular flexibility index (Phi) is 3.91. The van der Waals surface area contributed by atoms with E-state index in [0.29, 0.717) is 18.4 Å². The van der Waals surface area contributed by atoms with Crippen molar-refractivity contribution in [3.63, 3.8) is 0 Å². The maximum atomic E-state index is 12.4. The van der Waals surface area contributed by atoms with Gasteiger partial charge in [-0.2, -0.15) is 0 Å². The zero-order valence-electron chi connectivity index (χ0n) is 13.3. The van der Waals surface area contributed by atoms with Gasteiger partial charge in [-0.1, -0.05) is 26.8 Å². The molecule has 0 aromatic rings. The van der Waals surface area contributed by atoms with Crippen LogP contribution in [0.2, 0.25) is 0 Å². The monoisotopic (exact) mass is 290 g/mol. The summed E-state index contributed by atoms with van der Waals surface area (Å²) in [6.07, 6.45) is 1.87.